The van der Waals surface area contributed by atoms with Crippen LogP contribution in [-0.4, -0.2) is 50.3 Å². The molecule has 3 unspecified atom stereocenters. The fraction of sp³-hybridized carbons (Fsp3) is 1.00. The van der Waals surface area contributed by atoms with Crippen LogP contribution in [0.15, 0.2) is 0 Å². The minimum absolute atomic E-state index is 0.582. The molecule has 0 aromatic carbocycles. The fourth-order valence-corrected chi connectivity index (χ4v) is 3.70. The summed E-state index contributed by atoms with van der Waals surface area (Å²) in [5.74, 6) is 2.48. The lowest BCUT2D eigenvalue weighted by Crippen LogP contribution is -2.42. The van der Waals surface area contributed by atoms with Crippen LogP contribution in [0, 0.1) is 17.8 Å². The smallest absolute Gasteiger partial charge is 0.0623 e. The van der Waals surface area contributed by atoms with Crippen molar-refractivity contribution in [3.63, 3.8) is 0 Å². The van der Waals surface area contributed by atoms with E-state index in [0.29, 0.717) is 12.0 Å². The van der Waals surface area contributed by atoms with E-state index in [2.05, 4.69) is 31.0 Å². The van der Waals surface area contributed by atoms with Crippen LogP contribution in [-0.2, 0) is 4.74 Å². The van der Waals surface area contributed by atoms with Crippen LogP contribution in [0.4, 0.5) is 0 Å². The Morgan fingerprint density at radius 1 is 1.20 bits per heavy atom. The van der Waals surface area contributed by atoms with Gasteiger partial charge in [-0.2, -0.15) is 0 Å². The van der Waals surface area contributed by atoms with Crippen LogP contribution in [0.5, 0.6) is 0 Å². The summed E-state index contributed by atoms with van der Waals surface area (Å²) in [6.07, 6.45) is 5.40. The van der Waals surface area contributed by atoms with Crippen molar-refractivity contribution in [1.82, 2.24) is 10.2 Å². The summed E-state index contributed by atoms with van der Waals surface area (Å²) in [4.78, 5) is 2.70. The Bertz CT molecular complexity index is 270. The molecule has 0 bridgehead atoms. The monoisotopic (exact) mass is 282 g/mol. The number of nitrogens with zero attached hydrogens (tertiary/aromatic N) is 1. The first-order chi connectivity index (χ1) is 9.70. The van der Waals surface area contributed by atoms with Crippen molar-refractivity contribution in [3.05, 3.63) is 0 Å². The van der Waals surface area contributed by atoms with E-state index < -0.39 is 0 Å². The molecule has 2 aliphatic rings. The largest absolute Gasteiger partial charge is 0.379 e. The first kappa shape index (κ1) is 16.3. The van der Waals surface area contributed by atoms with E-state index in [0.717, 1.165) is 31.6 Å². The summed E-state index contributed by atoms with van der Waals surface area (Å²) in [6.45, 7) is 13.8. The molecule has 1 N–H and O–H groups in total. The van der Waals surface area contributed by atoms with Crippen molar-refractivity contribution >= 4 is 0 Å². The molecule has 3 nitrogen and oxygen atoms in total. The van der Waals surface area contributed by atoms with Gasteiger partial charge in [0.2, 0.25) is 0 Å². The maximum absolute atomic E-state index is 5.71. The molecule has 3 atom stereocenters. The second-order valence-corrected chi connectivity index (χ2v) is 7.09. The lowest BCUT2D eigenvalue weighted by atomic mass is 9.89. The van der Waals surface area contributed by atoms with E-state index in [-0.39, 0.29) is 0 Å². The molecule has 2 aliphatic heterocycles. The normalized spacial score (nSPS) is 32.7. The number of likely N-dealkylation sites (tertiary alicyclic amines) is 1. The Morgan fingerprint density at radius 2 is 2.05 bits per heavy atom. The maximum atomic E-state index is 5.71. The molecule has 2 fully saturated rings. The van der Waals surface area contributed by atoms with Gasteiger partial charge in [0.15, 0.2) is 0 Å². The van der Waals surface area contributed by atoms with Gasteiger partial charge < -0.3 is 15.0 Å². The lowest BCUT2D eigenvalue weighted by molar-refractivity contribution is 0.167. The van der Waals surface area contributed by atoms with Gasteiger partial charge in [0.25, 0.3) is 0 Å². The van der Waals surface area contributed by atoms with Gasteiger partial charge in [-0.05, 0) is 57.2 Å². The van der Waals surface area contributed by atoms with Crippen molar-refractivity contribution in [2.75, 3.05) is 39.4 Å². The molecule has 118 valence electrons. The van der Waals surface area contributed by atoms with Crippen molar-refractivity contribution in [3.8, 4) is 0 Å². The first-order valence-electron chi connectivity index (χ1n) is 8.74. The van der Waals surface area contributed by atoms with E-state index in [1.165, 1.54) is 45.3 Å². The van der Waals surface area contributed by atoms with Gasteiger partial charge in [-0.15, -0.1) is 0 Å². The van der Waals surface area contributed by atoms with Gasteiger partial charge in [0, 0.05) is 18.5 Å². The molecule has 0 amide bonds. The summed E-state index contributed by atoms with van der Waals surface area (Å²) in [5.41, 5.74) is 0. The van der Waals surface area contributed by atoms with E-state index in [4.69, 9.17) is 4.74 Å². The van der Waals surface area contributed by atoms with Crippen LogP contribution in [0.25, 0.3) is 0 Å². The number of rotatable bonds is 6. The Labute approximate surface area is 125 Å². The number of nitrogens with one attached hydrogen (secondary N) is 1. The summed E-state index contributed by atoms with van der Waals surface area (Å²) in [6, 6.07) is 0.582. The van der Waals surface area contributed by atoms with Gasteiger partial charge in [-0.3, -0.25) is 0 Å². The van der Waals surface area contributed by atoms with Crippen LogP contribution < -0.4 is 5.32 Å². The number of hydrogen-bond acceptors (Lipinski definition) is 3. The fourth-order valence-electron chi connectivity index (χ4n) is 3.70. The number of ether oxygens (including phenoxy) is 1. The van der Waals surface area contributed by atoms with Gasteiger partial charge in [-0.1, -0.05) is 20.8 Å². The molecule has 2 heterocycles. The van der Waals surface area contributed by atoms with E-state index >= 15 is 0 Å². The highest BCUT2D eigenvalue weighted by Gasteiger charge is 2.30. The van der Waals surface area contributed by atoms with Gasteiger partial charge in [0.05, 0.1) is 13.2 Å². The molecule has 0 aliphatic carbocycles. The zero-order valence-electron chi connectivity index (χ0n) is 13.7. The Morgan fingerprint density at radius 3 is 2.80 bits per heavy atom. The molecule has 20 heavy (non-hydrogen) atoms. The van der Waals surface area contributed by atoms with Crippen LogP contribution in [0.3, 0.4) is 0 Å². The molecule has 0 aromatic heterocycles. The predicted molar refractivity (Wildman–Crippen MR) is 85.0 cm³/mol. The molecule has 0 spiro atoms. The lowest BCUT2D eigenvalue weighted by Gasteiger charge is -2.27. The van der Waals surface area contributed by atoms with Crippen LogP contribution in [0.1, 0.15) is 46.5 Å². The van der Waals surface area contributed by atoms with E-state index in [1.807, 2.05) is 0 Å². The second-order valence-electron chi connectivity index (χ2n) is 7.09. The third-order valence-electron chi connectivity index (χ3n) is 5.16. The van der Waals surface area contributed by atoms with Crippen LogP contribution in [0.2, 0.25) is 0 Å². The van der Waals surface area contributed by atoms with Crippen molar-refractivity contribution in [2.45, 2.75) is 52.5 Å². The summed E-state index contributed by atoms with van der Waals surface area (Å²) in [5, 5.41) is 3.66. The molecule has 2 rings (SSSR count). The molecular weight excluding hydrogens is 248 g/mol. The molecule has 0 radical (unpaired) electrons. The highest BCUT2D eigenvalue weighted by molar-refractivity contribution is 4.84. The van der Waals surface area contributed by atoms with Crippen molar-refractivity contribution in [1.29, 1.82) is 0 Å². The number of hydrogen-bond donors (Lipinski definition) is 1. The van der Waals surface area contributed by atoms with Gasteiger partial charge >= 0.3 is 0 Å². The third-order valence-corrected chi connectivity index (χ3v) is 5.16. The average Bonchev–Trinajstić information content (AvgIpc) is 2.71. The Balaban J connectivity index is 1.77. The van der Waals surface area contributed by atoms with E-state index in [1.54, 1.807) is 0 Å². The standard InChI is InChI=1S/C17H34N2O/c1-4-8-18-17-13-20-12-16(17)11-19-9-5-6-15(7-10-19)14(2)3/h14-18H,4-13H2,1-3H3. The zero-order valence-corrected chi connectivity index (χ0v) is 13.7. The topological polar surface area (TPSA) is 24.5 Å². The average molecular weight is 282 g/mol. The highest BCUT2D eigenvalue weighted by atomic mass is 16.5. The zero-order chi connectivity index (χ0) is 14.4. The predicted octanol–water partition coefficient (Wildman–Crippen LogP) is 2.76. The summed E-state index contributed by atoms with van der Waals surface area (Å²) >= 11 is 0. The minimum Gasteiger partial charge on any atom is -0.379 e. The molecule has 0 aromatic rings. The first-order valence-corrected chi connectivity index (χ1v) is 8.74. The SMILES string of the molecule is CCCNC1COCC1CN1CCCC(C(C)C)CC1. The molecule has 2 saturated heterocycles. The quantitative estimate of drug-likeness (QED) is 0.811. The maximum Gasteiger partial charge on any atom is 0.0623 e. The Kier molecular flexibility index (Phi) is 6.79. The summed E-state index contributed by atoms with van der Waals surface area (Å²) in [7, 11) is 0. The second kappa shape index (κ2) is 8.35. The van der Waals surface area contributed by atoms with Crippen molar-refractivity contribution < 1.29 is 4.74 Å². The summed E-state index contributed by atoms with van der Waals surface area (Å²) < 4.78 is 5.71. The molecule has 0 saturated carbocycles. The van der Waals surface area contributed by atoms with Gasteiger partial charge in [-0.25, -0.2) is 0 Å². The van der Waals surface area contributed by atoms with Crippen molar-refractivity contribution in [2.24, 2.45) is 17.8 Å². The van der Waals surface area contributed by atoms with Crippen LogP contribution >= 0.6 is 0 Å². The van der Waals surface area contributed by atoms with E-state index in [9.17, 15) is 0 Å². The molecule has 3 heteroatoms. The third kappa shape index (κ3) is 4.71. The highest BCUT2D eigenvalue weighted by Crippen LogP contribution is 2.25. The Hall–Kier alpha value is -0.120. The van der Waals surface area contributed by atoms with Gasteiger partial charge in [0.1, 0.15) is 0 Å². The minimum atomic E-state index is 0.582. The molecular formula is C17H34N2O.